The fraction of sp³-hybridized carbons (Fsp3) is 0.125. The molecule has 3 nitrogen and oxygen atoms in total. The van der Waals surface area contributed by atoms with E-state index in [1.807, 2.05) is 43.3 Å². The minimum atomic E-state index is -0.160. The van der Waals surface area contributed by atoms with E-state index < -0.39 is 0 Å². The topological polar surface area (TPSA) is 41.5 Å². The lowest BCUT2D eigenvalue weighted by Crippen LogP contribution is -2.21. The number of nitrogens with one attached hydrogen (secondary N) is 1. The van der Waals surface area contributed by atoms with Crippen molar-refractivity contribution in [2.75, 3.05) is 0 Å². The van der Waals surface area contributed by atoms with Crippen LogP contribution in [0.25, 0.3) is 0 Å². The molecule has 0 heterocycles. The third-order valence-electron chi connectivity index (χ3n) is 2.87. The summed E-state index contributed by atoms with van der Waals surface area (Å²) in [5.74, 6) is -0.160. The molecule has 2 aromatic rings. The first-order valence-corrected chi connectivity index (χ1v) is 7.55. The van der Waals surface area contributed by atoms with Gasteiger partial charge < -0.3 is 0 Å². The fourth-order valence-corrected chi connectivity index (χ4v) is 2.28. The Bertz CT molecular complexity index is 668. The van der Waals surface area contributed by atoms with Gasteiger partial charge in [0, 0.05) is 9.50 Å². The molecule has 2 aromatic carbocycles. The second kappa shape index (κ2) is 7.38. The van der Waals surface area contributed by atoms with Crippen LogP contribution in [0.15, 0.2) is 58.1 Å². The molecule has 1 N–H and O–H groups in total. The van der Waals surface area contributed by atoms with Crippen molar-refractivity contribution in [3.05, 3.63) is 69.2 Å². The molecule has 0 aliphatic rings. The highest BCUT2D eigenvalue weighted by Gasteiger charge is 2.03. The van der Waals surface area contributed by atoms with Crippen molar-refractivity contribution in [2.24, 2.45) is 5.10 Å². The normalized spacial score (nSPS) is 11.3. The second-order valence-electron chi connectivity index (χ2n) is 4.55. The van der Waals surface area contributed by atoms with Gasteiger partial charge in [0.25, 0.3) is 0 Å². The predicted molar refractivity (Wildman–Crippen MR) is 89.7 cm³/mol. The predicted octanol–water partition coefficient (Wildman–Crippen LogP) is 4.19. The van der Waals surface area contributed by atoms with E-state index in [0.717, 1.165) is 21.3 Å². The Kier molecular flexibility index (Phi) is 5.53. The molecule has 0 atom stereocenters. The van der Waals surface area contributed by atoms with Gasteiger partial charge in [0.15, 0.2) is 0 Å². The SMILES string of the molecule is CC(=NNC(=O)Cc1ccc(Cl)cc1)c1cccc(Br)c1. The van der Waals surface area contributed by atoms with Crippen LogP contribution < -0.4 is 5.43 Å². The first-order valence-electron chi connectivity index (χ1n) is 6.38. The van der Waals surface area contributed by atoms with Gasteiger partial charge in [0.1, 0.15) is 0 Å². The van der Waals surface area contributed by atoms with E-state index in [-0.39, 0.29) is 12.3 Å². The van der Waals surface area contributed by atoms with Gasteiger partial charge in [-0.05, 0) is 42.3 Å². The molecule has 0 radical (unpaired) electrons. The van der Waals surface area contributed by atoms with E-state index in [1.165, 1.54) is 0 Å². The molecular formula is C16H14BrClN2O. The van der Waals surface area contributed by atoms with Gasteiger partial charge in [-0.2, -0.15) is 5.10 Å². The molecule has 21 heavy (non-hydrogen) atoms. The maximum absolute atomic E-state index is 11.8. The summed E-state index contributed by atoms with van der Waals surface area (Å²) in [4.78, 5) is 11.8. The highest BCUT2D eigenvalue weighted by molar-refractivity contribution is 9.10. The first kappa shape index (κ1) is 15.7. The van der Waals surface area contributed by atoms with Gasteiger partial charge in [-0.15, -0.1) is 0 Å². The van der Waals surface area contributed by atoms with Crippen LogP contribution in [0.4, 0.5) is 0 Å². The lowest BCUT2D eigenvalue weighted by molar-refractivity contribution is -0.120. The van der Waals surface area contributed by atoms with Crippen LogP contribution in [0, 0.1) is 0 Å². The molecule has 1 amide bonds. The van der Waals surface area contributed by atoms with Crippen LogP contribution >= 0.6 is 27.5 Å². The molecule has 108 valence electrons. The van der Waals surface area contributed by atoms with Crippen molar-refractivity contribution < 1.29 is 4.79 Å². The van der Waals surface area contributed by atoms with Gasteiger partial charge in [-0.25, -0.2) is 5.43 Å². The maximum atomic E-state index is 11.8. The average Bonchev–Trinajstić information content (AvgIpc) is 2.47. The fourth-order valence-electron chi connectivity index (χ4n) is 1.75. The summed E-state index contributed by atoms with van der Waals surface area (Å²) in [6.45, 7) is 1.85. The molecule has 2 rings (SSSR count). The van der Waals surface area contributed by atoms with E-state index >= 15 is 0 Å². The highest BCUT2D eigenvalue weighted by atomic mass is 79.9. The third-order valence-corrected chi connectivity index (χ3v) is 3.61. The molecule has 0 saturated carbocycles. The summed E-state index contributed by atoms with van der Waals surface area (Å²) in [7, 11) is 0. The van der Waals surface area contributed by atoms with Gasteiger partial charge in [-0.3, -0.25) is 4.79 Å². The van der Waals surface area contributed by atoms with Crippen molar-refractivity contribution in [2.45, 2.75) is 13.3 Å². The highest BCUT2D eigenvalue weighted by Crippen LogP contribution is 2.12. The molecule has 0 bridgehead atoms. The number of amides is 1. The average molecular weight is 366 g/mol. The van der Waals surface area contributed by atoms with E-state index in [0.29, 0.717) is 5.02 Å². The number of hydrogen-bond donors (Lipinski definition) is 1. The molecule has 5 heteroatoms. The Morgan fingerprint density at radius 1 is 1.24 bits per heavy atom. The van der Waals surface area contributed by atoms with E-state index in [4.69, 9.17) is 11.6 Å². The van der Waals surface area contributed by atoms with Crippen LogP contribution in [0.2, 0.25) is 5.02 Å². The number of carbonyl (C=O) groups excluding carboxylic acids is 1. The van der Waals surface area contributed by atoms with Crippen molar-refractivity contribution in [3.8, 4) is 0 Å². The number of halogens is 2. The van der Waals surface area contributed by atoms with E-state index in [1.54, 1.807) is 12.1 Å². The Balaban J connectivity index is 1.96. The maximum Gasteiger partial charge on any atom is 0.244 e. The summed E-state index contributed by atoms with van der Waals surface area (Å²) in [6.07, 6.45) is 0.270. The molecule has 0 unspecified atom stereocenters. The standard InChI is InChI=1S/C16H14BrClN2O/c1-11(13-3-2-4-14(17)10-13)19-20-16(21)9-12-5-7-15(18)8-6-12/h2-8,10H,9H2,1H3,(H,20,21). The lowest BCUT2D eigenvalue weighted by atomic mass is 10.1. The summed E-state index contributed by atoms with van der Waals surface area (Å²) >= 11 is 9.21. The monoisotopic (exact) mass is 364 g/mol. The minimum Gasteiger partial charge on any atom is -0.273 e. The summed E-state index contributed by atoms with van der Waals surface area (Å²) in [5, 5.41) is 4.77. The van der Waals surface area contributed by atoms with Crippen LogP contribution in [0.3, 0.4) is 0 Å². The number of hydrazone groups is 1. The van der Waals surface area contributed by atoms with Crippen LogP contribution in [0.5, 0.6) is 0 Å². The Hall–Kier alpha value is -1.65. The van der Waals surface area contributed by atoms with Gasteiger partial charge >= 0.3 is 0 Å². The lowest BCUT2D eigenvalue weighted by Gasteiger charge is -2.04. The number of carbonyl (C=O) groups is 1. The van der Waals surface area contributed by atoms with Crippen LogP contribution in [-0.2, 0) is 11.2 Å². The van der Waals surface area contributed by atoms with E-state index in [9.17, 15) is 4.79 Å². The summed E-state index contributed by atoms with van der Waals surface area (Å²) in [6, 6.07) is 14.9. The second-order valence-corrected chi connectivity index (χ2v) is 5.90. The Morgan fingerprint density at radius 3 is 2.62 bits per heavy atom. The number of nitrogens with zero attached hydrogens (tertiary/aromatic N) is 1. The van der Waals surface area contributed by atoms with Crippen molar-refractivity contribution in [3.63, 3.8) is 0 Å². The molecule has 0 aliphatic heterocycles. The zero-order valence-corrected chi connectivity index (χ0v) is 13.8. The first-order chi connectivity index (χ1) is 10.0. The molecule has 0 fully saturated rings. The van der Waals surface area contributed by atoms with Crippen molar-refractivity contribution in [1.29, 1.82) is 0 Å². The van der Waals surface area contributed by atoms with Crippen molar-refractivity contribution >= 4 is 39.1 Å². The quantitative estimate of drug-likeness (QED) is 0.641. The number of rotatable bonds is 4. The van der Waals surface area contributed by atoms with Crippen molar-refractivity contribution in [1.82, 2.24) is 5.43 Å². The minimum absolute atomic E-state index is 0.160. The van der Waals surface area contributed by atoms with Gasteiger partial charge in [-0.1, -0.05) is 51.8 Å². The molecule has 0 aromatic heterocycles. The number of hydrogen-bond acceptors (Lipinski definition) is 2. The van der Waals surface area contributed by atoms with Gasteiger partial charge in [0.05, 0.1) is 12.1 Å². The largest absolute Gasteiger partial charge is 0.273 e. The van der Waals surface area contributed by atoms with E-state index in [2.05, 4.69) is 26.5 Å². The molecule has 0 saturated heterocycles. The van der Waals surface area contributed by atoms with Gasteiger partial charge in [0.2, 0.25) is 5.91 Å². The van der Waals surface area contributed by atoms with Crippen LogP contribution in [0.1, 0.15) is 18.1 Å². The molecule has 0 spiro atoms. The summed E-state index contributed by atoms with van der Waals surface area (Å²) < 4.78 is 0.974. The summed E-state index contributed by atoms with van der Waals surface area (Å²) in [5.41, 5.74) is 5.17. The zero-order valence-electron chi connectivity index (χ0n) is 11.4. The zero-order chi connectivity index (χ0) is 15.2. The molecule has 0 aliphatic carbocycles. The third kappa shape index (κ3) is 4.99. The molecular weight excluding hydrogens is 352 g/mol. The van der Waals surface area contributed by atoms with Crippen LogP contribution in [-0.4, -0.2) is 11.6 Å². The smallest absolute Gasteiger partial charge is 0.244 e. The Labute approximate surface area is 137 Å². The Morgan fingerprint density at radius 2 is 1.95 bits per heavy atom. The number of benzene rings is 2.